The minimum absolute atomic E-state index is 0. The summed E-state index contributed by atoms with van der Waals surface area (Å²) in [5.41, 5.74) is 45.3. The smallest absolute Gasteiger partial charge is 0.399 e. The standard InChI is InChI=1S/4C14H14N.Os/c4*1-10-3-4-11(2)14(9-10)12-5-7-13(15)8-6-12;/h4*4-9H,15H2,1-2H3;/q4*-1;+4. The molecule has 0 saturated heterocycles. The van der Waals surface area contributed by atoms with Gasteiger partial charge in [-0.2, -0.15) is 117 Å². The summed E-state index contributed by atoms with van der Waals surface area (Å²) in [5.74, 6) is 0. The van der Waals surface area contributed by atoms with Crippen LogP contribution in [-0.2, 0) is 19.8 Å². The Hall–Kier alpha value is -6.40. The van der Waals surface area contributed by atoms with Crippen molar-refractivity contribution in [3.8, 4) is 44.5 Å². The van der Waals surface area contributed by atoms with E-state index in [0.29, 0.717) is 0 Å². The minimum atomic E-state index is 0. The summed E-state index contributed by atoms with van der Waals surface area (Å²) in [6, 6.07) is 61.4. The minimum Gasteiger partial charge on any atom is -0.399 e. The van der Waals surface area contributed by atoms with Crippen LogP contribution in [0.1, 0.15) is 44.5 Å². The van der Waals surface area contributed by atoms with Crippen molar-refractivity contribution in [1.82, 2.24) is 0 Å². The fourth-order valence-electron chi connectivity index (χ4n) is 6.58. The molecule has 8 rings (SSSR count). The van der Waals surface area contributed by atoms with Gasteiger partial charge in [-0.15, -0.1) is 22.3 Å². The van der Waals surface area contributed by atoms with Gasteiger partial charge in [-0.05, 0) is 70.8 Å². The first-order chi connectivity index (χ1) is 28.7. The Labute approximate surface area is 377 Å². The predicted molar refractivity (Wildman–Crippen MR) is 258 cm³/mol. The van der Waals surface area contributed by atoms with Crippen molar-refractivity contribution in [2.24, 2.45) is 0 Å². The first kappa shape index (κ1) is 47.3. The van der Waals surface area contributed by atoms with E-state index < -0.39 is 0 Å². The molecule has 0 aliphatic rings. The number of hydrogen-bond acceptors (Lipinski definition) is 4. The van der Waals surface area contributed by atoms with Gasteiger partial charge in [0.2, 0.25) is 0 Å². The number of hydrogen-bond donors (Lipinski definition) is 4. The SMILES string of the molecule is Cc1[c-]cc(C)c(-c2ccc(N)cc2)c1.Cc1[c-]cc(C)c(-c2ccc(N)cc2)c1.Cc1[c-]cc(C)c(-c2ccc(N)cc2)c1.Cc1[c-]cc(C)c(-c2ccc(N)cc2)c1.[Os+4]. The van der Waals surface area contributed by atoms with E-state index in [9.17, 15) is 0 Å². The molecule has 0 radical (unpaired) electrons. The van der Waals surface area contributed by atoms with E-state index in [4.69, 9.17) is 22.9 Å². The van der Waals surface area contributed by atoms with Crippen molar-refractivity contribution in [2.75, 3.05) is 22.9 Å². The molecular weight excluding hydrogens is 919 g/mol. The van der Waals surface area contributed by atoms with Gasteiger partial charge >= 0.3 is 19.8 Å². The van der Waals surface area contributed by atoms with Crippen LogP contribution in [0.3, 0.4) is 0 Å². The molecule has 0 aliphatic heterocycles. The van der Waals surface area contributed by atoms with Crippen LogP contribution in [0.5, 0.6) is 0 Å². The van der Waals surface area contributed by atoms with Gasteiger partial charge in [0, 0.05) is 22.7 Å². The molecule has 0 amide bonds. The molecule has 0 heterocycles. The molecule has 0 saturated carbocycles. The van der Waals surface area contributed by atoms with Crippen LogP contribution >= 0.6 is 0 Å². The molecule has 308 valence electrons. The fourth-order valence-corrected chi connectivity index (χ4v) is 6.58. The molecule has 0 spiro atoms. The van der Waals surface area contributed by atoms with Gasteiger partial charge in [0.25, 0.3) is 0 Å². The third-order valence-corrected chi connectivity index (χ3v) is 10.1. The van der Waals surface area contributed by atoms with E-state index in [1.54, 1.807) is 0 Å². The summed E-state index contributed by atoms with van der Waals surface area (Å²) in [4.78, 5) is 0. The van der Waals surface area contributed by atoms with Gasteiger partial charge in [-0.3, -0.25) is 0 Å². The van der Waals surface area contributed by atoms with Crippen molar-refractivity contribution in [2.45, 2.75) is 55.4 Å². The maximum atomic E-state index is 5.67. The second-order valence-corrected chi connectivity index (χ2v) is 15.3. The summed E-state index contributed by atoms with van der Waals surface area (Å²) in [7, 11) is 0. The van der Waals surface area contributed by atoms with Crippen molar-refractivity contribution in [3.05, 3.63) is 214 Å². The molecule has 8 N–H and O–H groups in total. The van der Waals surface area contributed by atoms with Crippen molar-refractivity contribution < 1.29 is 19.8 Å². The topological polar surface area (TPSA) is 104 Å². The largest absolute Gasteiger partial charge is 4.00 e. The number of nitrogens with two attached hydrogens (primary N) is 4. The Kier molecular flexibility index (Phi) is 17.3. The van der Waals surface area contributed by atoms with Crippen LogP contribution in [0.25, 0.3) is 44.5 Å². The molecule has 5 heteroatoms. The Morgan fingerprint density at radius 3 is 0.607 bits per heavy atom. The molecule has 8 aromatic rings. The third-order valence-electron chi connectivity index (χ3n) is 10.1. The van der Waals surface area contributed by atoms with E-state index in [2.05, 4.69) is 152 Å². The Morgan fingerprint density at radius 2 is 0.443 bits per heavy atom. The molecule has 61 heavy (non-hydrogen) atoms. The van der Waals surface area contributed by atoms with E-state index >= 15 is 0 Å². The van der Waals surface area contributed by atoms with E-state index in [1.165, 1.54) is 66.8 Å². The fraction of sp³-hybridized carbons (Fsp3) is 0.143. The van der Waals surface area contributed by atoms with Crippen molar-refractivity contribution >= 4 is 22.7 Å². The first-order valence-electron chi connectivity index (χ1n) is 20.1. The van der Waals surface area contributed by atoms with Gasteiger partial charge in [-0.25, -0.2) is 0 Å². The van der Waals surface area contributed by atoms with Crippen LogP contribution in [0.15, 0.2) is 146 Å². The maximum absolute atomic E-state index is 5.67. The number of nitrogen functional groups attached to an aromatic ring is 4. The zero-order chi connectivity index (χ0) is 43.3. The molecule has 0 bridgehead atoms. The second-order valence-electron chi connectivity index (χ2n) is 15.3. The molecule has 0 aromatic heterocycles. The normalized spacial score (nSPS) is 10.1. The molecule has 8 aromatic carbocycles. The Morgan fingerprint density at radius 1 is 0.279 bits per heavy atom. The molecule has 0 unspecified atom stereocenters. The van der Waals surface area contributed by atoms with Gasteiger partial charge in [0.05, 0.1) is 0 Å². The first-order valence-corrected chi connectivity index (χ1v) is 20.1. The van der Waals surface area contributed by atoms with Crippen molar-refractivity contribution in [3.63, 3.8) is 0 Å². The van der Waals surface area contributed by atoms with Gasteiger partial charge in [0.1, 0.15) is 0 Å². The molecule has 0 fully saturated rings. The summed E-state index contributed by atoms with van der Waals surface area (Å²) in [6.07, 6.45) is 0. The van der Waals surface area contributed by atoms with Crippen LogP contribution in [-0.4, -0.2) is 0 Å². The van der Waals surface area contributed by atoms with Gasteiger partial charge < -0.3 is 22.9 Å². The van der Waals surface area contributed by atoms with Gasteiger partial charge in [-0.1, -0.05) is 104 Å². The monoisotopic (exact) mass is 976 g/mol. The molecule has 0 atom stereocenters. The summed E-state index contributed by atoms with van der Waals surface area (Å²) < 4.78 is 0. The molecule has 4 nitrogen and oxygen atoms in total. The van der Waals surface area contributed by atoms with E-state index in [0.717, 1.165) is 45.0 Å². The Balaban J connectivity index is 0.000000178. The number of aryl methyl sites for hydroxylation is 8. The average Bonchev–Trinajstić information content (AvgIpc) is 3.24. The average molecular weight is 975 g/mol. The van der Waals surface area contributed by atoms with Crippen LogP contribution in [0.2, 0.25) is 0 Å². The van der Waals surface area contributed by atoms with Crippen LogP contribution in [0.4, 0.5) is 22.7 Å². The summed E-state index contributed by atoms with van der Waals surface area (Å²) in [5, 5.41) is 0. The maximum Gasteiger partial charge on any atom is 4.00 e. The van der Waals surface area contributed by atoms with Gasteiger partial charge in [0.15, 0.2) is 0 Å². The Bertz CT molecular complexity index is 2260. The van der Waals surface area contributed by atoms with Crippen molar-refractivity contribution in [1.29, 1.82) is 0 Å². The summed E-state index contributed by atoms with van der Waals surface area (Å²) in [6.45, 7) is 16.6. The number of anilines is 4. The number of benzene rings is 8. The third kappa shape index (κ3) is 13.8. The van der Waals surface area contributed by atoms with Crippen LogP contribution in [0, 0.1) is 79.7 Å². The molecular formula is C56H56N4Os. The molecule has 0 aliphatic carbocycles. The van der Waals surface area contributed by atoms with Crippen LogP contribution < -0.4 is 22.9 Å². The summed E-state index contributed by atoms with van der Waals surface area (Å²) >= 11 is 0. The zero-order valence-electron chi connectivity index (χ0n) is 36.5. The predicted octanol–water partition coefficient (Wildman–Crippen LogP) is 13.4. The quantitative estimate of drug-likeness (QED) is 0.104. The van der Waals surface area contributed by atoms with E-state index in [-0.39, 0.29) is 19.8 Å². The second kappa shape index (κ2) is 22.3. The number of rotatable bonds is 4. The zero-order valence-corrected chi connectivity index (χ0v) is 39.1. The van der Waals surface area contributed by atoms with E-state index in [1.807, 2.05) is 72.8 Å².